The zero-order valence-electron chi connectivity index (χ0n) is 8.84. The molecule has 0 saturated carbocycles. The predicted molar refractivity (Wildman–Crippen MR) is 61.0 cm³/mol. The first kappa shape index (κ1) is 12.3. The second kappa shape index (κ2) is 6.65. The number of rotatable bonds is 2. The van der Waals surface area contributed by atoms with Crippen molar-refractivity contribution in [2.75, 3.05) is 26.3 Å². The van der Waals surface area contributed by atoms with Crippen molar-refractivity contribution in [2.24, 2.45) is 11.8 Å². The van der Waals surface area contributed by atoms with Gasteiger partial charge < -0.3 is 10.1 Å². The van der Waals surface area contributed by atoms with Crippen molar-refractivity contribution < 1.29 is 4.74 Å². The fourth-order valence-corrected chi connectivity index (χ4v) is 2.58. The molecule has 0 aromatic heterocycles. The third-order valence-corrected chi connectivity index (χ3v) is 3.41. The molecule has 0 radical (unpaired) electrons. The summed E-state index contributed by atoms with van der Waals surface area (Å²) in [4.78, 5) is 0. The highest BCUT2D eigenvalue weighted by Gasteiger charge is 2.20. The first-order valence-electron chi connectivity index (χ1n) is 5.73. The van der Waals surface area contributed by atoms with Gasteiger partial charge in [0.15, 0.2) is 0 Å². The molecular weight excluding hydrogens is 198 g/mol. The molecule has 2 fully saturated rings. The molecule has 0 aliphatic carbocycles. The van der Waals surface area contributed by atoms with Crippen LogP contribution in [0.5, 0.6) is 0 Å². The summed E-state index contributed by atoms with van der Waals surface area (Å²) >= 11 is 0. The normalized spacial score (nSPS) is 29.6. The van der Waals surface area contributed by atoms with E-state index in [1.807, 2.05) is 0 Å². The minimum Gasteiger partial charge on any atom is -0.381 e. The van der Waals surface area contributed by atoms with Crippen molar-refractivity contribution in [3.63, 3.8) is 0 Å². The number of hydrogen-bond acceptors (Lipinski definition) is 2. The fraction of sp³-hybridized carbons (Fsp3) is 1.00. The van der Waals surface area contributed by atoms with E-state index in [1.165, 1.54) is 45.2 Å². The summed E-state index contributed by atoms with van der Waals surface area (Å²) in [5, 5.41) is 3.49. The van der Waals surface area contributed by atoms with E-state index in [1.54, 1.807) is 0 Å². The Balaban J connectivity index is 0.000000980. The first-order chi connectivity index (χ1) is 6.45. The molecule has 3 heteroatoms. The van der Waals surface area contributed by atoms with E-state index in [9.17, 15) is 0 Å². The van der Waals surface area contributed by atoms with Crippen LogP contribution in [-0.2, 0) is 4.74 Å². The number of nitrogens with one attached hydrogen (secondary N) is 1. The quantitative estimate of drug-likeness (QED) is 0.769. The maximum Gasteiger partial charge on any atom is 0.0468 e. The van der Waals surface area contributed by atoms with Gasteiger partial charge in [-0.2, -0.15) is 0 Å². The molecule has 0 aromatic rings. The molecule has 0 amide bonds. The molecule has 0 aromatic carbocycles. The fourth-order valence-electron chi connectivity index (χ4n) is 2.58. The van der Waals surface area contributed by atoms with Crippen LogP contribution in [0.4, 0.5) is 0 Å². The van der Waals surface area contributed by atoms with Crippen molar-refractivity contribution in [3.8, 4) is 0 Å². The van der Waals surface area contributed by atoms with Gasteiger partial charge in [0.05, 0.1) is 0 Å². The van der Waals surface area contributed by atoms with Crippen LogP contribution in [0.25, 0.3) is 0 Å². The smallest absolute Gasteiger partial charge is 0.0468 e. The standard InChI is InChI=1S/C11H21NO.ClH/c1-2-11(9-12-5-1)8-10-3-6-13-7-4-10;/h10-12H,1-9H2;1H. The highest BCUT2D eigenvalue weighted by atomic mass is 35.5. The summed E-state index contributed by atoms with van der Waals surface area (Å²) in [7, 11) is 0. The number of piperidine rings is 1. The van der Waals surface area contributed by atoms with E-state index in [-0.39, 0.29) is 12.4 Å². The van der Waals surface area contributed by atoms with Crippen LogP contribution in [0.15, 0.2) is 0 Å². The Morgan fingerprint density at radius 3 is 2.50 bits per heavy atom. The Morgan fingerprint density at radius 1 is 1.07 bits per heavy atom. The number of hydrogen-bond donors (Lipinski definition) is 1. The minimum absolute atomic E-state index is 0. The largest absolute Gasteiger partial charge is 0.381 e. The Morgan fingerprint density at radius 2 is 1.86 bits per heavy atom. The van der Waals surface area contributed by atoms with E-state index in [0.717, 1.165) is 25.0 Å². The number of halogens is 1. The molecule has 1 N–H and O–H groups in total. The van der Waals surface area contributed by atoms with E-state index in [2.05, 4.69) is 5.32 Å². The topological polar surface area (TPSA) is 21.3 Å². The Kier molecular flexibility index (Phi) is 5.83. The Labute approximate surface area is 93.2 Å². The van der Waals surface area contributed by atoms with Gasteiger partial charge in [-0.25, -0.2) is 0 Å². The predicted octanol–water partition coefficient (Wildman–Crippen LogP) is 2.22. The van der Waals surface area contributed by atoms with Gasteiger partial charge in [0.2, 0.25) is 0 Å². The zero-order chi connectivity index (χ0) is 8.93. The molecule has 2 saturated heterocycles. The van der Waals surface area contributed by atoms with E-state index >= 15 is 0 Å². The molecule has 2 rings (SSSR count). The van der Waals surface area contributed by atoms with Crippen molar-refractivity contribution >= 4 is 12.4 Å². The average Bonchev–Trinajstić information content (AvgIpc) is 2.21. The second-order valence-corrected chi connectivity index (χ2v) is 4.50. The van der Waals surface area contributed by atoms with Gasteiger partial charge in [-0.15, -0.1) is 12.4 Å². The van der Waals surface area contributed by atoms with Gasteiger partial charge in [-0.3, -0.25) is 0 Å². The first-order valence-corrected chi connectivity index (χ1v) is 5.73. The van der Waals surface area contributed by atoms with Crippen LogP contribution in [0.3, 0.4) is 0 Å². The van der Waals surface area contributed by atoms with Crippen LogP contribution in [-0.4, -0.2) is 26.3 Å². The Bertz CT molecular complexity index is 126. The minimum atomic E-state index is 0. The summed E-state index contributed by atoms with van der Waals surface area (Å²) in [6.45, 7) is 4.51. The molecule has 2 aliphatic heterocycles. The Hall–Kier alpha value is 0.210. The monoisotopic (exact) mass is 219 g/mol. The lowest BCUT2D eigenvalue weighted by molar-refractivity contribution is 0.0571. The molecule has 2 heterocycles. The summed E-state index contributed by atoms with van der Waals surface area (Å²) < 4.78 is 5.37. The van der Waals surface area contributed by atoms with Crippen molar-refractivity contribution in [2.45, 2.75) is 32.1 Å². The highest BCUT2D eigenvalue weighted by Crippen LogP contribution is 2.26. The van der Waals surface area contributed by atoms with Gasteiger partial charge >= 0.3 is 0 Å². The molecule has 1 unspecified atom stereocenters. The maximum atomic E-state index is 5.37. The van der Waals surface area contributed by atoms with Gasteiger partial charge in [-0.05, 0) is 57.0 Å². The average molecular weight is 220 g/mol. The van der Waals surface area contributed by atoms with Crippen LogP contribution < -0.4 is 5.32 Å². The zero-order valence-corrected chi connectivity index (χ0v) is 9.65. The summed E-state index contributed by atoms with van der Waals surface area (Å²) in [6, 6.07) is 0. The van der Waals surface area contributed by atoms with Crippen molar-refractivity contribution in [3.05, 3.63) is 0 Å². The van der Waals surface area contributed by atoms with Gasteiger partial charge in [-0.1, -0.05) is 0 Å². The third kappa shape index (κ3) is 3.76. The van der Waals surface area contributed by atoms with Crippen LogP contribution in [0.2, 0.25) is 0 Å². The molecule has 2 aliphatic rings. The van der Waals surface area contributed by atoms with Gasteiger partial charge in [0.25, 0.3) is 0 Å². The molecule has 0 bridgehead atoms. The van der Waals surface area contributed by atoms with E-state index < -0.39 is 0 Å². The third-order valence-electron chi connectivity index (χ3n) is 3.41. The second-order valence-electron chi connectivity index (χ2n) is 4.50. The highest BCUT2D eigenvalue weighted by molar-refractivity contribution is 5.85. The molecule has 0 spiro atoms. The molecule has 84 valence electrons. The lowest BCUT2D eigenvalue weighted by atomic mass is 9.85. The van der Waals surface area contributed by atoms with E-state index in [0.29, 0.717) is 0 Å². The molecule has 2 nitrogen and oxygen atoms in total. The maximum absolute atomic E-state index is 5.37. The summed E-state index contributed by atoms with van der Waals surface area (Å²) in [5.41, 5.74) is 0. The molecule has 14 heavy (non-hydrogen) atoms. The van der Waals surface area contributed by atoms with Crippen molar-refractivity contribution in [1.82, 2.24) is 5.32 Å². The van der Waals surface area contributed by atoms with E-state index in [4.69, 9.17) is 4.74 Å². The summed E-state index contributed by atoms with van der Waals surface area (Å²) in [5.74, 6) is 1.91. The molecule has 1 atom stereocenters. The van der Waals surface area contributed by atoms with Gasteiger partial charge in [0.1, 0.15) is 0 Å². The number of ether oxygens (including phenoxy) is 1. The van der Waals surface area contributed by atoms with Crippen LogP contribution in [0, 0.1) is 11.8 Å². The van der Waals surface area contributed by atoms with Crippen molar-refractivity contribution in [1.29, 1.82) is 0 Å². The lowest BCUT2D eigenvalue weighted by Gasteiger charge is -2.29. The van der Waals surface area contributed by atoms with Crippen LogP contribution >= 0.6 is 12.4 Å². The lowest BCUT2D eigenvalue weighted by Crippen LogP contribution is -2.31. The van der Waals surface area contributed by atoms with Gasteiger partial charge in [0, 0.05) is 13.2 Å². The molecular formula is C11H22ClNO. The van der Waals surface area contributed by atoms with Crippen LogP contribution in [0.1, 0.15) is 32.1 Å². The summed E-state index contributed by atoms with van der Waals surface area (Å²) in [6.07, 6.45) is 6.88. The SMILES string of the molecule is C1CNCC(CC2CCOCC2)C1.Cl.